The molecule has 1 aliphatic carbocycles. The van der Waals surface area contributed by atoms with Crippen LogP contribution in [0.25, 0.3) is 0 Å². The highest BCUT2D eigenvalue weighted by atomic mass is 35.5. The molecule has 1 saturated heterocycles. The van der Waals surface area contributed by atoms with Gasteiger partial charge >= 0.3 is 0 Å². The molecular formula is C17H25ClN2. The Morgan fingerprint density at radius 3 is 2.80 bits per heavy atom. The monoisotopic (exact) mass is 292 g/mol. The van der Waals surface area contributed by atoms with E-state index in [0.29, 0.717) is 18.0 Å². The molecule has 1 N–H and O–H groups in total. The second-order valence-corrected chi connectivity index (χ2v) is 7.16. The van der Waals surface area contributed by atoms with Crippen LogP contribution in [0.5, 0.6) is 0 Å². The van der Waals surface area contributed by atoms with Crippen LogP contribution in [0.4, 0.5) is 0 Å². The minimum atomic E-state index is 0.615. The summed E-state index contributed by atoms with van der Waals surface area (Å²) in [4.78, 5) is 2.69. The smallest absolute Gasteiger partial charge is 0.0409 e. The maximum absolute atomic E-state index is 6.12. The largest absolute Gasteiger partial charge is 0.311 e. The highest BCUT2D eigenvalue weighted by molar-refractivity contribution is 6.30. The summed E-state index contributed by atoms with van der Waals surface area (Å²) in [6.45, 7) is 7.96. The maximum atomic E-state index is 6.12. The third-order valence-corrected chi connectivity index (χ3v) is 4.97. The van der Waals surface area contributed by atoms with Gasteiger partial charge in [-0.25, -0.2) is 0 Å². The van der Waals surface area contributed by atoms with Crippen molar-refractivity contribution in [2.75, 3.05) is 13.1 Å². The van der Waals surface area contributed by atoms with E-state index >= 15 is 0 Å². The molecule has 0 amide bonds. The van der Waals surface area contributed by atoms with Crippen molar-refractivity contribution in [3.63, 3.8) is 0 Å². The molecule has 110 valence electrons. The third-order valence-electron chi connectivity index (χ3n) is 4.73. The van der Waals surface area contributed by atoms with Crippen molar-refractivity contribution in [2.45, 2.75) is 45.3 Å². The van der Waals surface area contributed by atoms with E-state index in [0.717, 1.165) is 30.6 Å². The molecule has 2 atom stereocenters. The van der Waals surface area contributed by atoms with Crippen molar-refractivity contribution in [1.29, 1.82) is 0 Å². The van der Waals surface area contributed by atoms with E-state index < -0.39 is 0 Å². The summed E-state index contributed by atoms with van der Waals surface area (Å²) in [5.74, 6) is 1.60. The van der Waals surface area contributed by atoms with Gasteiger partial charge in [-0.15, -0.1) is 0 Å². The lowest BCUT2D eigenvalue weighted by Crippen LogP contribution is -2.58. The summed E-state index contributed by atoms with van der Waals surface area (Å²) in [6.07, 6.45) is 2.81. The van der Waals surface area contributed by atoms with Crippen molar-refractivity contribution in [3.8, 4) is 0 Å². The minimum absolute atomic E-state index is 0.615. The zero-order valence-electron chi connectivity index (χ0n) is 12.5. The number of nitrogens with zero attached hydrogens (tertiary/aromatic N) is 1. The van der Waals surface area contributed by atoms with Gasteiger partial charge in [0, 0.05) is 36.7 Å². The van der Waals surface area contributed by atoms with E-state index in [2.05, 4.69) is 42.3 Å². The van der Waals surface area contributed by atoms with Gasteiger partial charge < -0.3 is 5.32 Å². The van der Waals surface area contributed by atoms with Crippen LogP contribution in [0.1, 0.15) is 32.3 Å². The Morgan fingerprint density at radius 2 is 2.15 bits per heavy atom. The fourth-order valence-electron chi connectivity index (χ4n) is 3.30. The molecule has 1 aromatic carbocycles. The summed E-state index contributed by atoms with van der Waals surface area (Å²) >= 11 is 6.12. The zero-order valence-corrected chi connectivity index (χ0v) is 13.2. The Hall–Kier alpha value is -0.570. The number of nitrogens with one attached hydrogen (secondary N) is 1. The molecule has 3 heteroatoms. The molecule has 1 aliphatic heterocycles. The van der Waals surface area contributed by atoms with Gasteiger partial charge in [-0.3, -0.25) is 4.90 Å². The topological polar surface area (TPSA) is 15.3 Å². The van der Waals surface area contributed by atoms with Gasteiger partial charge in [-0.1, -0.05) is 37.6 Å². The highest BCUT2D eigenvalue weighted by Gasteiger charge is 2.39. The second-order valence-electron chi connectivity index (χ2n) is 6.72. The highest BCUT2D eigenvalue weighted by Crippen LogP contribution is 2.37. The number of hydrogen-bond donors (Lipinski definition) is 1. The maximum Gasteiger partial charge on any atom is 0.0409 e. The van der Waals surface area contributed by atoms with E-state index in [1.165, 1.54) is 18.4 Å². The van der Waals surface area contributed by atoms with E-state index in [-0.39, 0.29) is 0 Å². The first-order chi connectivity index (χ1) is 9.63. The van der Waals surface area contributed by atoms with Gasteiger partial charge in [0.15, 0.2) is 0 Å². The first-order valence-electron chi connectivity index (χ1n) is 7.85. The average Bonchev–Trinajstić information content (AvgIpc) is 3.23. The molecule has 3 rings (SSSR count). The van der Waals surface area contributed by atoms with Crippen LogP contribution in [0.2, 0.25) is 5.02 Å². The second kappa shape index (κ2) is 6.05. The molecule has 0 aromatic heterocycles. The van der Waals surface area contributed by atoms with Crippen LogP contribution >= 0.6 is 11.6 Å². The van der Waals surface area contributed by atoms with Crippen molar-refractivity contribution in [1.82, 2.24) is 10.2 Å². The van der Waals surface area contributed by atoms with Crippen molar-refractivity contribution in [3.05, 3.63) is 34.9 Å². The molecule has 1 saturated carbocycles. The van der Waals surface area contributed by atoms with E-state index in [1.54, 1.807) is 0 Å². The molecule has 2 aliphatic rings. The van der Waals surface area contributed by atoms with Crippen molar-refractivity contribution >= 4 is 11.6 Å². The molecule has 2 unspecified atom stereocenters. The number of hydrogen-bond acceptors (Lipinski definition) is 2. The minimum Gasteiger partial charge on any atom is -0.311 e. The van der Waals surface area contributed by atoms with Gasteiger partial charge in [0.1, 0.15) is 0 Å². The van der Waals surface area contributed by atoms with Crippen LogP contribution in [0, 0.1) is 11.8 Å². The standard InChI is InChI=1S/C17H25ClN2/c1-12(2)16-11-20(17(9-19-16)14-6-7-14)10-13-4-3-5-15(18)8-13/h3-5,8,12,14,16-17,19H,6-7,9-11H2,1-2H3. The van der Waals surface area contributed by atoms with Crippen LogP contribution < -0.4 is 5.32 Å². The summed E-state index contributed by atoms with van der Waals surface area (Å²) < 4.78 is 0. The normalized spacial score (nSPS) is 28.0. The van der Waals surface area contributed by atoms with E-state index in [9.17, 15) is 0 Å². The predicted octanol–water partition coefficient (Wildman–Crippen LogP) is 3.55. The molecule has 2 nitrogen and oxygen atoms in total. The van der Waals surface area contributed by atoms with Gasteiger partial charge in [0.2, 0.25) is 0 Å². The van der Waals surface area contributed by atoms with Crippen LogP contribution in [0.3, 0.4) is 0 Å². The molecule has 1 aromatic rings. The Kier molecular flexibility index (Phi) is 4.34. The van der Waals surface area contributed by atoms with Crippen LogP contribution in [-0.2, 0) is 6.54 Å². The fourth-order valence-corrected chi connectivity index (χ4v) is 3.51. The Labute approximate surface area is 127 Å². The lowest BCUT2D eigenvalue weighted by Gasteiger charge is -2.42. The Balaban J connectivity index is 1.72. The van der Waals surface area contributed by atoms with Crippen LogP contribution in [-0.4, -0.2) is 30.1 Å². The number of rotatable bonds is 4. The molecule has 20 heavy (non-hydrogen) atoms. The number of piperazine rings is 1. The zero-order chi connectivity index (χ0) is 14.1. The summed E-state index contributed by atoms with van der Waals surface area (Å²) in [7, 11) is 0. The molecular weight excluding hydrogens is 268 g/mol. The van der Waals surface area contributed by atoms with Gasteiger partial charge in [-0.05, 0) is 42.4 Å². The summed E-state index contributed by atoms with van der Waals surface area (Å²) in [6, 6.07) is 9.65. The average molecular weight is 293 g/mol. The first kappa shape index (κ1) is 14.4. The lowest BCUT2D eigenvalue weighted by atomic mass is 9.97. The fraction of sp³-hybridized carbons (Fsp3) is 0.647. The lowest BCUT2D eigenvalue weighted by molar-refractivity contribution is 0.0926. The molecule has 1 heterocycles. The van der Waals surface area contributed by atoms with Crippen molar-refractivity contribution in [2.24, 2.45) is 11.8 Å². The van der Waals surface area contributed by atoms with E-state index in [4.69, 9.17) is 11.6 Å². The summed E-state index contributed by atoms with van der Waals surface area (Å²) in [5.41, 5.74) is 1.34. The van der Waals surface area contributed by atoms with E-state index in [1.807, 2.05) is 6.07 Å². The van der Waals surface area contributed by atoms with Crippen LogP contribution in [0.15, 0.2) is 24.3 Å². The van der Waals surface area contributed by atoms with Gasteiger partial charge in [-0.2, -0.15) is 0 Å². The Morgan fingerprint density at radius 1 is 1.35 bits per heavy atom. The predicted molar refractivity (Wildman–Crippen MR) is 85.0 cm³/mol. The quantitative estimate of drug-likeness (QED) is 0.913. The number of halogens is 1. The Bertz CT molecular complexity index is 456. The molecule has 2 fully saturated rings. The van der Waals surface area contributed by atoms with Gasteiger partial charge in [0.25, 0.3) is 0 Å². The van der Waals surface area contributed by atoms with Crippen molar-refractivity contribution < 1.29 is 0 Å². The number of benzene rings is 1. The van der Waals surface area contributed by atoms with Gasteiger partial charge in [0.05, 0.1) is 0 Å². The molecule has 0 spiro atoms. The SMILES string of the molecule is CC(C)C1CN(Cc2cccc(Cl)c2)C(C2CC2)CN1. The molecule has 0 radical (unpaired) electrons. The first-order valence-corrected chi connectivity index (χ1v) is 8.23. The summed E-state index contributed by atoms with van der Waals surface area (Å²) in [5, 5.41) is 4.60. The third kappa shape index (κ3) is 3.36. The molecule has 0 bridgehead atoms.